The van der Waals surface area contributed by atoms with E-state index >= 15 is 0 Å². The molecule has 0 saturated heterocycles. The van der Waals surface area contributed by atoms with Crippen LogP contribution in [-0.2, 0) is 24.9 Å². The third kappa shape index (κ3) is 3.25. The van der Waals surface area contributed by atoms with Gasteiger partial charge in [-0.05, 0) is 42.0 Å². The van der Waals surface area contributed by atoms with E-state index in [9.17, 15) is 0 Å². The van der Waals surface area contributed by atoms with Crippen molar-refractivity contribution in [3.8, 4) is 0 Å². The van der Waals surface area contributed by atoms with Gasteiger partial charge in [-0.2, -0.15) is 0 Å². The van der Waals surface area contributed by atoms with Gasteiger partial charge in [-0.3, -0.25) is 4.90 Å². The fraction of sp³-hybridized carbons (Fsp3) is 0.250. The molecule has 0 saturated carbocycles. The minimum absolute atomic E-state index is 0.0199. The molecule has 4 rings (SSSR count). The fourth-order valence-corrected chi connectivity index (χ4v) is 4.19. The van der Waals surface area contributed by atoms with Crippen molar-refractivity contribution in [2.75, 3.05) is 6.54 Å². The minimum Gasteiger partial charge on any atom is -0.289 e. The largest absolute Gasteiger partial charge is 0.289 e. The van der Waals surface area contributed by atoms with Crippen molar-refractivity contribution in [2.45, 2.75) is 31.8 Å². The molecule has 1 aliphatic heterocycles. The van der Waals surface area contributed by atoms with Gasteiger partial charge in [0.15, 0.2) is 0 Å². The highest BCUT2D eigenvalue weighted by Crippen LogP contribution is 2.39. The molecule has 0 radical (unpaired) electrons. The predicted octanol–water partition coefficient (Wildman–Crippen LogP) is 5.20. The first-order chi connectivity index (χ1) is 12.3. The maximum absolute atomic E-state index is 2.66. The van der Waals surface area contributed by atoms with Gasteiger partial charge in [0, 0.05) is 18.6 Å². The van der Waals surface area contributed by atoms with Crippen LogP contribution in [-0.4, -0.2) is 11.4 Å². The Morgan fingerprint density at radius 2 is 1.36 bits per heavy atom. The molecular weight excluding hydrogens is 302 g/mol. The zero-order valence-corrected chi connectivity index (χ0v) is 14.9. The molecule has 1 nitrogen and oxygen atoms in total. The molecule has 0 spiro atoms. The molecule has 0 N–H and O–H groups in total. The normalized spacial score (nSPS) is 20.2. The topological polar surface area (TPSA) is 3.24 Å². The molecule has 0 amide bonds. The first-order valence-corrected chi connectivity index (χ1v) is 9.17. The molecule has 0 aromatic heterocycles. The van der Waals surface area contributed by atoms with Crippen molar-refractivity contribution >= 4 is 0 Å². The molecule has 0 bridgehead atoms. The Balaban J connectivity index is 1.72. The summed E-state index contributed by atoms with van der Waals surface area (Å²) in [4.78, 5) is 2.66. The zero-order chi connectivity index (χ0) is 17.1. The lowest BCUT2D eigenvalue weighted by Gasteiger charge is -2.46. The Morgan fingerprint density at radius 1 is 0.760 bits per heavy atom. The predicted molar refractivity (Wildman–Crippen MR) is 104 cm³/mol. The quantitative estimate of drug-likeness (QED) is 0.636. The summed E-state index contributed by atoms with van der Waals surface area (Å²) < 4.78 is 0. The fourth-order valence-electron chi connectivity index (χ4n) is 4.19. The Morgan fingerprint density at radius 3 is 2.08 bits per heavy atom. The van der Waals surface area contributed by atoms with Crippen LogP contribution < -0.4 is 0 Å². The number of rotatable bonds is 4. The van der Waals surface area contributed by atoms with E-state index in [0.717, 1.165) is 25.9 Å². The van der Waals surface area contributed by atoms with Crippen molar-refractivity contribution in [3.05, 3.63) is 107 Å². The molecule has 1 atom stereocenters. The Hall–Kier alpha value is -2.38. The number of hydrogen-bond donors (Lipinski definition) is 0. The van der Waals surface area contributed by atoms with Crippen LogP contribution in [0.5, 0.6) is 0 Å². The monoisotopic (exact) mass is 327 g/mol. The first kappa shape index (κ1) is 16.1. The molecule has 126 valence electrons. The van der Waals surface area contributed by atoms with E-state index in [0.29, 0.717) is 0 Å². The summed E-state index contributed by atoms with van der Waals surface area (Å²) >= 11 is 0. The van der Waals surface area contributed by atoms with Crippen LogP contribution in [0.4, 0.5) is 0 Å². The SMILES string of the molecule is C[C@@]1(Cc2ccccc2)c2ccccc2CCN1Cc1ccccc1. The molecule has 0 aliphatic carbocycles. The number of benzene rings is 3. The van der Waals surface area contributed by atoms with Crippen LogP contribution in [0.1, 0.15) is 29.2 Å². The standard InChI is InChI=1S/C24H25N/c1-24(18-20-10-4-2-5-11-20)23-15-9-8-14-22(23)16-17-25(24)19-21-12-6-3-7-13-21/h2-15H,16-19H2,1H3/t24-/m1/s1. The molecule has 1 heterocycles. The van der Waals surface area contributed by atoms with Gasteiger partial charge < -0.3 is 0 Å². The third-order valence-corrected chi connectivity index (χ3v) is 5.55. The Bertz CT molecular complexity index is 825. The molecule has 3 aromatic rings. The van der Waals surface area contributed by atoms with Crippen LogP contribution in [0.25, 0.3) is 0 Å². The van der Waals surface area contributed by atoms with Gasteiger partial charge in [0.2, 0.25) is 0 Å². The Kier molecular flexibility index (Phi) is 4.42. The van der Waals surface area contributed by atoms with E-state index in [1.165, 1.54) is 22.3 Å². The summed E-state index contributed by atoms with van der Waals surface area (Å²) in [6.45, 7) is 4.52. The molecule has 1 heteroatoms. The van der Waals surface area contributed by atoms with Crippen molar-refractivity contribution in [3.63, 3.8) is 0 Å². The summed E-state index contributed by atoms with van der Waals surface area (Å²) in [5.74, 6) is 0. The highest BCUT2D eigenvalue weighted by molar-refractivity contribution is 5.38. The number of fused-ring (bicyclic) bond motifs is 1. The maximum atomic E-state index is 2.66. The molecule has 1 aliphatic rings. The van der Waals surface area contributed by atoms with Crippen LogP contribution in [0.2, 0.25) is 0 Å². The van der Waals surface area contributed by atoms with Crippen LogP contribution in [0, 0.1) is 0 Å². The van der Waals surface area contributed by atoms with E-state index < -0.39 is 0 Å². The second-order valence-corrected chi connectivity index (χ2v) is 7.25. The number of nitrogens with zero attached hydrogens (tertiary/aromatic N) is 1. The third-order valence-electron chi connectivity index (χ3n) is 5.55. The van der Waals surface area contributed by atoms with E-state index in [1.54, 1.807) is 0 Å². The van der Waals surface area contributed by atoms with E-state index in [1.807, 2.05) is 0 Å². The summed E-state index contributed by atoms with van der Waals surface area (Å²) in [7, 11) is 0. The minimum atomic E-state index is 0.0199. The summed E-state index contributed by atoms with van der Waals surface area (Å²) in [6.07, 6.45) is 2.17. The van der Waals surface area contributed by atoms with Gasteiger partial charge in [0.25, 0.3) is 0 Å². The van der Waals surface area contributed by atoms with E-state index in [-0.39, 0.29) is 5.54 Å². The van der Waals surface area contributed by atoms with Gasteiger partial charge in [0.1, 0.15) is 0 Å². The second kappa shape index (κ2) is 6.85. The van der Waals surface area contributed by atoms with Gasteiger partial charge in [-0.25, -0.2) is 0 Å². The summed E-state index contributed by atoms with van der Waals surface area (Å²) in [5, 5.41) is 0. The second-order valence-electron chi connectivity index (χ2n) is 7.25. The van der Waals surface area contributed by atoms with Crippen LogP contribution in [0.15, 0.2) is 84.9 Å². The first-order valence-electron chi connectivity index (χ1n) is 9.17. The Labute approximate surface area is 150 Å². The van der Waals surface area contributed by atoms with E-state index in [4.69, 9.17) is 0 Å². The van der Waals surface area contributed by atoms with Crippen molar-refractivity contribution < 1.29 is 0 Å². The van der Waals surface area contributed by atoms with Crippen molar-refractivity contribution in [1.82, 2.24) is 4.90 Å². The smallest absolute Gasteiger partial charge is 0.0479 e. The van der Waals surface area contributed by atoms with Gasteiger partial charge in [0.05, 0.1) is 0 Å². The lowest BCUT2D eigenvalue weighted by Crippen LogP contribution is -2.49. The zero-order valence-electron chi connectivity index (χ0n) is 14.9. The van der Waals surface area contributed by atoms with Crippen LogP contribution in [0.3, 0.4) is 0 Å². The van der Waals surface area contributed by atoms with Gasteiger partial charge >= 0.3 is 0 Å². The molecular formula is C24H25N. The maximum Gasteiger partial charge on any atom is 0.0479 e. The van der Waals surface area contributed by atoms with Gasteiger partial charge in [-0.1, -0.05) is 84.9 Å². The van der Waals surface area contributed by atoms with Crippen molar-refractivity contribution in [1.29, 1.82) is 0 Å². The van der Waals surface area contributed by atoms with Crippen LogP contribution >= 0.6 is 0 Å². The molecule has 3 aromatic carbocycles. The lowest BCUT2D eigenvalue weighted by atomic mass is 9.77. The summed E-state index contributed by atoms with van der Waals surface area (Å²) in [5.41, 5.74) is 5.80. The molecule has 0 unspecified atom stereocenters. The summed E-state index contributed by atoms with van der Waals surface area (Å²) in [6, 6.07) is 30.8. The van der Waals surface area contributed by atoms with E-state index in [2.05, 4.69) is 96.8 Å². The van der Waals surface area contributed by atoms with Gasteiger partial charge in [-0.15, -0.1) is 0 Å². The highest BCUT2D eigenvalue weighted by atomic mass is 15.2. The molecule has 0 fully saturated rings. The average Bonchev–Trinajstić information content (AvgIpc) is 2.66. The number of hydrogen-bond acceptors (Lipinski definition) is 1. The highest BCUT2D eigenvalue weighted by Gasteiger charge is 2.38. The van der Waals surface area contributed by atoms with Crippen molar-refractivity contribution in [2.24, 2.45) is 0 Å². The molecule has 25 heavy (non-hydrogen) atoms. The average molecular weight is 327 g/mol. The lowest BCUT2D eigenvalue weighted by molar-refractivity contribution is 0.0809.